The van der Waals surface area contributed by atoms with E-state index in [0.29, 0.717) is 17.7 Å². The van der Waals surface area contributed by atoms with Crippen molar-refractivity contribution in [3.8, 4) is 0 Å². The van der Waals surface area contributed by atoms with Crippen LogP contribution in [0, 0.1) is 23.7 Å². The van der Waals surface area contributed by atoms with Gasteiger partial charge in [0.2, 0.25) is 5.91 Å². The number of hydrogen-bond acceptors (Lipinski definition) is 2. The van der Waals surface area contributed by atoms with Crippen LogP contribution in [0.15, 0.2) is 0 Å². The maximum absolute atomic E-state index is 12.6. The van der Waals surface area contributed by atoms with Crippen molar-refractivity contribution in [1.82, 2.24) is 4.90 Å². The molecule has 2 bridgehead atoms. The van der Waals surface area contributed by atoms with Crippen LogP contribution in [0.2, 0.25) is 0 Å². The summed E-state index contributed by atoms with van der Waals surface area (Å²) in [5.74, 6) is 2.52. The summed E-state index contributed by atoms with van der Waals surface area (Å²) in [6.45, 7) is 3.94. The molecular weight excluding hydrogens is 212 g/mol. The van der Waals surface area contributed by atoms with E-state index in [4.69, 9.17) is 5.73 Å². The maximum Gasteiger partial charge on any atom is 0.227 e. The zero-order valence-corrected chi connectivity index (χ0v) is 10.8. The smallest absolute Gasteiger partial charge is 0.227 e. The molecule has 0 saturated heterocycles. The zero-order chi connectivity index (χ0) is 12.0. The Kier molecular flexibility index (Phi) is 2.89. The number of nitrogens with two attached hydrogens (primary N) is 1. The number of amides is 1. The van der Waals surface area contributed by atoms with E-state index >= 15 is 0 Å². The Labute approximate surface area is 104 Å². The fourth-order valence-electron chi connectivity index (χ4n) is 3.90. The molecule has 0 aromatic heterocycles. The van der Waals surface area contributed by atoms with Gasteiger partial charge in [0.15, 0.2) is 0 Å². The minimum absolute atomic E-state index is 0.146. The van der Waals surface area contributed by atoms with E-state index in [-0.39, 0.29) is 12.0 Å². The second-order valence-corrected chi connectivity index (χ2v) is 6.26. The van der Waals surface area contributed by atoms with Crippen molar-refractivity contribution in [2.45, 2.75) is 45.1 Å². The first kappa shape index (κ1) is 11.5. The molecule has 3 rings (SSSR count). The predicted molar refractivity (Wildman–Crippen MR) is 67.3 cm³/mol. The van der Waals surface area contributed by atoms with Gasteiger partial charge < -0.3 is 10.6 Å². The summed E-state index contributed by atoms with van der Waals surface area (Å²) in [5, 5.41) is 0. The standard InChI is InChI=1S/C14H24N2O/c1-2-16(8-9-3-4-9)14(17)12-10-5-6-11(7-10)13(12)15/h9-13H,2-8,15H2,1H3. The van der Waals surface area contributed by atoms with Crippen LogP contribution >= 0.6 is 0 Å². The zero-order valence-electron chi connectivity index (χ0n) is 10.8. The van der Waals surface area contributed by atoms with Gasteiger partial charge in [-0.2, -0.15) is 0 Å². The lowest BCUT2D eigenvalue weighted by molar-refractivity contribution is -0.137. The van der Waals surface area contributed by atoms with E-state index in [9.17, 15) is 4.79 Å². The normalized spacial score (nSPS) is 39.6. The third-order valence-corrected chi connectivity index (χ3v) is 5.13. The van der Waals surface area contributed by atoms with Crippen LogP contribution < -0.4 is 5.73 Å². The van der Waals surface area contributed by atoms with Crippen LogP contribution in [0.4, 0.5) is 0 Å². The minimum atomic E-state index is 0.146. The van der Waals surface area contributed by atoms with Gasteiger partial charge in [-0.3, -0.25) is 4.79 Å². The highest BCUT2D eigenvalue weighted by atomic mass is 16.2. The molecule has 0 radical (unpaired) electrons. The molecule has 3 nitrogen and oxygen atoms in total. The molecule has 2 N–H and O–H groups in total. The van der Waals surface area contributed by atoms with Crippen molar-refractivity contribution in [2.24, 2.45) is 29.4 Å². The largest absolute Gasteiger partial charge is 0.342 e. The summed E-state index contributed by atoms with van der Waals surface area (Å²) in [6.07, 6.45) is 6.32. The van der Waals surface area contributed by atoms with Crippen LogP contribution in [-0.2, 0) is 4.79 Å². The van der Waals surface area contributed by atoms with E-state index in [1.807, 2.05) is 0 Å². The summed E-state index contributed by atoms with van der Waals surface area (Å²) in [4.78, 5) is 14.7. The van der Waals surface area contributed by atoms with Crippen molar-refractivity contribution in [3.63, 3.8) is 0 Å². The van der Waals surface area contributed by atoms with Gasteiger partial charge in [0, 0.05) is 19.1 Å². The average Bonchev–Trinajstić information content (AvgIpc) is 2.93. The number of hydrogen-bond donors (Lipinski definition) is 1. The summed E-state index contributed by atoms with van der Waals surface area (Å²) < 4.78 is 0. The quantitative estimate of drug-likeness (QED) is 0.806. The van der Waals surface area contributed by atoms with E-state index in [2.05, 4.69) is 11.8 Å². The average molecular weight is 236 g/mol. The van der Waals surface area contributed by atoms with Crippen LogP contribution in [0.3, 0.4) is 0 Å². The van der Waals surface area contributed by atoms with Crippen molar-refractivity contribution in [2.75, 3.05) is 13.1 Å². The maximum atomic E-state index is 12.6. The monoisotopic (exact) mass is 236 g/mol. The molecule has 3 aliphatic rings. The van der Waals surface area contributed by atoms with E-state index < -0.39 is 0 Å². The van der Waals surface area contributed by atoms with E-state index in [1.54, 1.807) is 0 Å². The molecular formula is C14H24N2O. The lowest BCUT2D eigenvalue weighted by Crippen LogP contribution is -2.47. The van der Waals surface area contributed by atoms with Crippen LogP contribution in [0.25, 0.3) is 0 Å². The lowest BCUT2D eigenvalue weighted by atomic mass is 9.84. The number of nitrogens with zero attached hydrogens (tertiary/aromatic N) is 1. The molecule has 3 fully saturated rings. The Morgan fingerprint density at radius 3 is 2.47 bits per heavy atom. The Bertz CT molecular complexity index is 311. The summed E-state index contributed by atoms with van der Waals surface area (Å²) in [6, 6.07) is 0.148. The van der Waals surface area contributed by atoms with E-state index in [1.165, 1.54) is 32.1 Å². The summed E-state index contributed by atoms with van der Waals surface area (Å²) >= 11 is 0. The first-order valence-electron chi connectivity index (χ1n) is 7.25. The minimum Gasteiger partial charge on any atom is -0.342 e. The van der Waals surface area contributed by atoms with Gasteiger partial charge in [-0.25, -0.2) is 0 Å². The fraction of sp³-hybridized carbons (Fsp3) is 0.929. The van der Waals surface area contributed by atoms with Crippen LogP contribution in [0.5, 0.6) is 0 Å². The van der Waals surface area contributed by atoms with Gasteiger partial charge in [-0.15, -0.1) is 0 Å². The SMILES string of the molecule is CCN(CC1CC1)C(=O)C1C2CCC(C2)C1N. The summed E-state index contributed by atoms with van der Waals surface area (Å²) in [7, 11) is 0. The van der Waals surface area contributed by atoms with Gasteiger partial charge in [-0.05, 0) is 56.8 Å². The molecule has 96 valence electrons. The molecule has 0 spiro atoms. The van der Waals surface area contributed by atoms with Gasteiger partial charge in [0.1, 0.15) is 0 Å². The first-order valence-corrected chi connectivity index (χ1v) is 7.25. The fourth-order valence-corrected chi connectivity index (χ4v) is 3.90. The van der Waals surface area contributed by atoms with E-state index in [0.717, 1.165) is 19.0 Å². The Balaban J connectivity index is 1.67. The van der Waals surface area contributed by atoms with Crippen molar-refractivity contribution >= 4 is 5.91 Å². The molecule has 0 heterocycles. The van der Waals surface area contributed by atoms with Crippen molar-refractivity contribution in [3.05, 3.63) is 0 Å². The molecule has 3 aliphatic carbocycles. The topological polar surface area (TPSA) is 46.3 Å². The number of carbonyl (C=O) groups is 1. The van der Waals surface area contributed by atoms with Gasteiger partial charge in [0.05, 0.1) is 5.92 Å². The number of rotatable bonds is 4. The molecule has 3 saturated carbocycles. The summed E-state index contributed by atoms with van der Waals surface area (Å²) in [5.41, 5.74) is 6.26. The second kappa shape index (κ2) is 4.27. The highest BCUT2D eigenvalue weighted by Crippen LogP contribution is 2.48. The number of carbonyl (C=O) groups excluding carboxylic acids is 1. The lowest BCUT2D eigenvalue weighted by Gasteiger charge is -2.32. The Hall–Kier alpha value is -0.570. The van der Waals surface area contributed by atoms with Gasteiger partial charge in [0.25, 0.3) is 0 Å². The molecule has 4 unspecified atom stereocenters. The van der Waals surface area contributed by atoms with Crippen molar-refractivity contribution in [1.29, 1.82) is 0 Å². The first-order chi connectivity index (χ1) is 8.20. The van der Waals surface area contributed by atoms with Gasteiger partial charge in [-0.1, -0.05) is 0 Å². The highest BCUT2D eigenvalue weighted by molar-refractivity contribution is 5.80. The highest BCUT2D eigenvalue weighted by Gasteiger charge is 2.50. The van der Waals surface area contributed by atoms with Crippen LogP contribution in [0.1, 0.15) is 39.0 Å². The third kappa shape index (κ3) is 1.99. The third-order valence-electron chi connectivity index (χ3n) is 5.13. The van der Waals surface area contributed by atoms with Crippen LogP contribution in [-0.4, -0.2) is 29.9 Å². The van der Waals surface area contributed by atoms with Gasteiger partial charge >= 0.3 is 0 Å². The molecule has 0 aliphatic heterocycles. The molecule has 0 aromatic rings. The second-order valence-electron chi connectivity index (χ2n) is 6.26. The molecule has 1 amide bonds. The Morgan fingerprint density at radius 1 is 1.24 bits per heavy atom. The molecule has 0 aromatic carbocycles. The van der Waals surface area contributed by atoms with Crippen molar-refractivity contribution < 1.29 is 4.79 Å². The Morgan fingerprint density at radius 2 is 1.94 bits per heavy atom. The molecule has 17 heavy (non-hydrogen) atoms. The molecule has 3 heteroatoms. The predicted octanol–water partition coefficient (Wildman–Crippen LogP) is 1.62. The number of fused-ring (bicyclic) bond motifs is 2. The molecule has 4 atom stereocenters.